The molecule has 1 unspecified atom stereocenters. The predicted molar refractivity (Wildman–Crippen MR) is 102 cm³/mol. The molecule has 1 N–H and O–H groups in total. The van der Waals surface area contributed by atoms with Gasteiger partial charge in [0.15, 0.2) is 6.10 Å². The van der Waals surface area contributed by atoms with Gasteiger partial charge in [-0.15, -0.1) is 11.8 Å². The summed E-state index contributed by atoms with van der Waals surface area (Å²) in [5, 5.41) is 12.1. The number of esters is 1. The Morgan fingerprint density at radius 3 is 2.35 bits per heavy atom. The minimum absolute atomic E-state index is 0.345. The molecule has 26 heavy (non-hydrogen) atoms. The number of amides is 1. The first kappa shape index (κ1) is 19.5. The highest BCUT2D eigenvalue weighted by atomic mass is 32.2. The maximum absolute atomic E-state index is 12.2. The molecule has 1 atom stereocenters. The largest absolute Gasteiger partial charge is 0.449 e. The van der Waals surface area contributed by atoms with Crippen LogP contribution >= 0.6 is 11.8 Å². The van der Waals surface area contributed by atoms with Crippen LogP contribution in [0.15, 0.2) is 53.4 Å². The summed E-state index contributed by atoms with van der Waals surface area (Å²) in [6, 6.07) is 15.7. The molecule has 0 saturated carbocycles. The SMILES string of the molecule is CC(C)Sc1ccc(C(=O)OC(C)C(=O)Nc2ccccc2C#N)cc1. The third-order valence-corrected chi connectivity index (χ3v) is 4.44. The zero-order chi connectivity index (χ0) is 19.1. The van der Waals surface area contributed by atoms with Crippen molar-refractivity contribution in [2.24, 2.45) is 0 Å². The number of hydrogen-bond acceptors (Lipinski definition) is 5. The van der Waals surface area contributed by atoms with Crippen LogP contribution in [0.2, 0.25) is 0 Å². The van der Waals surface area contributed by atoms with Gasteiger partial charge in [0.2, 0.25) is 0 Å². The Labute approximate surface area is 157 Å². The minimum Gasteiger partial charge on any atom is -0.449 e. The number of anilines is 1. The molecule has 0 aliphatic rings. The van der Waals surface area contributed by atoms with Gasteiger partial charge in [-0.3, -0.25) is 4.79 Å². The standard InChI is InChI=1S/C20H20N2O3S/c1-13(2)26-17-10-8-15(9-11-17)20(24)25-14(3)19(23)22-18-7-5-4-6-16(18)12-21/h4-11,13-14H,1-3H3,(H,22,23). The van der Waals surface area contributed by atoms with Crippen molar-refractivity contribution in [1.29, 1.82) is 5.26 Å². The second-order valence-electron chi connectivity index (χ2n) is 5.89. The number of thioether (sulfide) groups is 1. The normalized spacial score (nSPS) is 11.5. The molecule has 2 rings (SSSR count). The maximum atomic E-state index is 12.2. The van der Waals surface area contributed by atoms with Gasteiger partial charge >= 0.3 is 5.97 Å². The lowest BCUT2D eigenvalue weighted by molar-refractivity contribution is -0.123. The molecule has 0 aliphatic heterocycles. The first-order chi connectivity index (χ1) is 12.4. The number of nitrogens with one attached hydrogen (secondary N) is 1. The Morgan fingerprint density at radius 2 is 1.73 bits per heavy atom. The molecular formula is C20H20N2O3S. The van der Waals surface area contributed by atoms with Crippen LogP contribution in [0.4, 0.5) is 5.69 Å². The lowest BCUT2D eigenvalue weighted by Gasteiger charge is -2.14. The van der Waals surface area contributed by atoms with Gasteiger partial charge in [-0.25, -0.2) is 4.79 Å². The Kier molecular flexibility index (Phi) is 6.81. The van der Waals surface area contributed by atoms with Crippen LogP contribution in [0.5, 0.6) is 0 Å². The van der Waals surface area contributed by atoms with Crippen molar-refractivity contribution in [3.8, 4) is 6.07 Å². The summed E-state index contributed by atoms with van der Waals surface area (Å²) < 4.78 is 5.22. The molecule has 0 aromatic heterocycles. The quantitative estimate of drug-likeness (QED) is 0.609. The molecule has 0 saturated heterocycles. The first-order valence-corrected chi connectivity index (χ1v) is 9.06. The van der Waals surface area contributed by atoms with Crippen molar-refractivity contribution in [3.63, 3.8) is 0 Å². The van der Waals surface area contributed by atoms with Crippen LogP contribution < -0.4 is 5.32 Å². The number of carbonyl (C=O) groups excluding carboxylic acids is 2. The van der Waals surface area contributed by atoms with E-state index in [0.717, 1.165) is 4.90 Å². The maximum Gasteiger partial charge on any atom is 0.338 e. The number of nitrogens with zero attached hydrogens (tertiary/aromatic N) is 1. The number of carbonyl (C=O) groups is 2. The van der Waals surface area contributed by atoms with Crippen LogP contribution in [0.3, 0.4) is 0 Å². The zero-order valence-corrected chi connectivity index (χ0v) is 15.7. The van der Waals surface area contributed by atoms with Crippen molar-refractivity contribution in [1.82, 2.24) is 0 Å². The lowest BCUT2D eigenvalue weighted by Crippen LogP contribution is -2.30. The first-order valence-electron chi connectivity index (χ1n) is 8.18. The Balaban J connectivity index is 1.97. The highest BCUT2D eigenvalue weighted by Crippen LogP contribution is 2.23. The van der Waals surface area contributed by atoms with Gasteiger partial charge < -0.3 is 10.1 Å². The molecular weight excluding hydrogens is 348 g/mol. The van der Waals surface area contributed by atoms with E-state index in [1.165, 1.54) is 6.92 Å². The molecule has 0 spiro atoms. The number of ether oxygens (including phenoxy) is 1. The van der Waals surface area contributed by atoms with Gasteiger partial charge in [-0.05, 0) is 43.3 Å². The third-order valence-electron chi connectivity index (χ3n) is 3.42. The second kappa shape index (κ2) is 9.07. The smallest absolute Gasteiger partial charge is 0.338 e. The zero-order valence-electron chi connectivity index (χ0n) is 14.9. The number of nitriles is 1. The molecule has 0 aliphatic carbocycles. The van der Waals surface area contributed by atoms with Gasteiger partial charge in [0, 0.05) is 10.1 Å². The fourth-order valence-corrected chi connectivity index (χ4v) is 2.99. The number of hydrogen-bond donors (Lipinski definition) is 1. The Bertz CT molecular complexity index is 826. The molecule has 0 heterocycles. The summed E-state index contributed by atoms with van der Waals surface area (Å²) in [5.74, 6) is -1.06. The van der Waals surface area contributed by atoms with Crippen molar-refractivity contribution in [2.75, 3.05) is 5.32 Å². The van der Waals surface area contributed by atoms with Gasteiger partial charge in [-0.1, -0.05) is 26.0 Å². The Morgan fingerprint density at radius 1 is 1.08 bits per heavy atom. The number of para-hydroxylation sites is 1. The average molecular weight is 368 g/mol. The molecule has 5 nitrogen and oxygen atoms in total. The molecule has 0 fully saturated rings. The van der Waals surface area contributed by atoms with Gasteiger partial charge in [0.1, 0.15) is 6.07 Å². The van der Waals surface area contributed by atoms with E-state index in [1.807, 2.05) is 18.2 Å². The number of rotatable bonds is 6. The molecule has 134 valence electrons. The van der Waals surface area contributed by atoms with Gasteiger partial charge in [-0.2, -0.15) is 5.26 Å². The highest BCUT2D eigenvalue weighted by molar-refractivity contribution is 7.99. The summed E-state index contributed by atoms with van der Waals surface area (Å²) in [5.41, 5.74) is 1.12. The molecule has 0 bridgehead atoms. The second-order valence-corrected chi connectivity index (χ2v) is 7.54. The van der Waals surface area contributed by atoms with Crippen LogP contribution in [0, 0.1) is 11.3 Å². The summed E-state index contributed by atoms with van der Waals surface area (Å²) in [7, 11) is 0. The average Bonchev–Trinajstić information content (AvgIpc) is 2.62. The lowest BCUT2D eigenvalue weighted by atomic mass is 10.2. The minimum atomic E-state index is -0.987. The molecule has 0 radical (unpaired) electrons. The van der Waals surface area contributed by atoms with Crippen LogP contribution in [0.1, 0.15) is 36.7 Å². The van der Waals surface area contributed by atoms with E-state index in [9.17, 15) is 9.59 Å². The van der Waals surface area contributed by atoms with Gasteiger partial charge in [0.25, 0.3) is 5.91 Å². The van der Waals surface area contributed by atoms with Crippen LogP contribution in [-0.2, 0) is 9.53 Å². The van der Waals surface area contributed by atoms with Crippen molar-refractivity contribution in [2.45, 2.75) is 37.0 Å². The van der Waals surface area contributed by atoms with Crippen molar-refractivity contribution < 1.29 is 14.3 Å². The molecule has 2 aromatic rings. The Hall–Kier alpha value is -2.78. The van der Waals surface area contributed by atoms with E-state index < -0.39 is 18.0 Å². The fourth-order valence-electron chi connectivity index (χ4n) is 2.15. The van der Waals surface area contributed by atoms with E-state index >= 15 is 0 Å². The summed E-state index contributed by atoms with van der Waals surface area (Å²) in [6.07, 6.45) is -0.987. The molecule has 6 heteroatoms. The van der Waals surface area contributed by atoms with Gasteiger partial charge in [0.05, 0.1) is 16.8 Å². The topological polar surface area (TPSA) is 79.2 Å². The van der Waals surface area contributed by atoms with E-state index in [4.69, 9.17) is 10.00 Å². The summed E-state index contributed by atoms with van der Waals surface area (Å²) in [6.45, 7) is 5.68. The summed E-state index contributed by atoms with van der Waals surface area (Å²) in [4.78, 5) is 25.5. The fraction of sp³-hybridized carbons (Fsp3) is 0.250. The molecule has 2 aromatic carbocycles. The summed E-state index contributed by atoms with van der Waals surface area (Å²) >= 11 is 1.70. The van der Waals surface area contributed by atoms with E-state index in [2.05, 4.69) is 19.2 Å². The third kappa shape index (κ3) is 5.36. The highest BCUT2D eigenvalue weighted by Gasteiger charge is 2.20. The van der Waals surface area contributed by atoms with Crippen LogP contribution in [-0.4, -0.2) is 23.2 Å². The van der Waals surface area contributed by atoms with E-state index in [0.29, 0.717) is 22.1 Å². The predicted octanol–water partition coefficient (Wildman–Crippen LogP) is 4.24. The van der Waals surface area contributed by atoms with Crippen molar-refractivity contribution in [3.05, 3.63) is 59.7 Å². The van der Waals surface area contributed by atoms with Crippen molar-refractivity contribution >= 4 is 29.3 Å². The number of benzene rings is 2. The van der Waals surface area contributed by atoms with Crippen LogP contribution in [0.25, 0.3) is 0 Å². The van der Waals surface area contributed by atoms with E-state index in [1.54, 1.807) is 48.2 Å². The molecule has 1 amide bonds. The van der Waals surface area contributed by atoms with E-state index in [-0.39, 0.29) is 0 Å². The monoisotopic (exact) mass is 368 g/mol.